The number of benzene rings is 2. The van der Waals surface area contributed by atoms with Crippen LogP contribution in [0.25, 0.3) is 0 Å². The number of amides is 2. The number of aliphatic hydroxyl groups excluding tert-OH is 1. The largest absolute Gasteiger partial charge is 0.457 e. The van der Waals surface area contributed by atoms with Crippen LogP contribution in [0, 0.1) is 5.92 Å². The number of carbonyl (C=O) groups excluding carboxylic acids is 2. The smallest absolute Gasteiger partial charge is 0.254 e. The highest BCUT2D eigenvalue weighted by molar-refractivity contribution is 5.97. The first-order valence-electron chi connectivity index (χ1n) is 12.6. The van der Waals surface area contributed by atoms with E-state index in [0.717, 1.165) is 12.1 Å². The van der Waals surface area contributed by atoms with Crippen molar-refractivity contribution in [3.05, 3.63) is 71.9 Å². The number of aromatic nitrogens is 1. The molecule has 2 aromatic carbocycles. The quantitative estimate of drug-likeness (QED) is 0.342. The number of hydrogen-bond donors (Lipinski definition) is 3. The lowest BCUT2D eigenvalue weighted by molar-refractivity contribution is -0.133. The highest BCUT2D eigenvalue weighted by Gasteiger charge is 2.26. The molecule has 4 rings (SSSR count). The Kier molecular flexibility index (Phi) is 8.73. The van der Waals surface area contributed by atoms with Gasteiger partial charge in [0.1, 0.15) is 17.5 Å². The number of aliphatic hydroxyl groups is 1. The number of hydrogen-bond acceptors (Lipinski definition) is 6. The van der Waals surface area contributed by atoms with E-state index in [2.05, 4.69) is 15.8 Å². The van der Waals surface area contributed by atoms with Crippen molar-refractivity contribution in [2.45, 2.75) is 64.0 Å². The summed E-state index contributed by atoms with van der Waals surface area (Å²) in [6.07, 6.45) is 5.35. The predicted molar refractivity (Wildman–Crippen MR) is 136 cm³/mol. The first-order valence-corrected chi connectivity index (χ1v) is 12.6. The molecule has 3 N–H and O–H groups in total. The SMILES string of the molecule is CCCC(NC(=O)C(O)c1cccc(Oc2ccccc2)c1)C(=O)Nc1cc(CC2CCCC2)no1. The zero-order valence-electron chi connectivity index (χ0n) is 20.5. The van der Waals surface area contributed by atoms with E-state index < -0.39 is 24.0 Å². The molecule has 0 radical (unpaired) electrons. The van der Waals surface area contributed by atoms with Gasteiger partial charge in [0.2, 0.25) is 11.8 Å². The maximum absolute atomic E-state index is 12.9. The fraction of sp³-hybridized carbons (Fsp3) is 0.393. The number of nitrogens with one attached hydrogen (secondary N) is 2. The zero-order chi connectivity index (χ0) is 25.3. The molecule has 2 unspecified atom stereocenters. The Labute approximate surface area is 211 Å². The van der Waals surface area contributed by atoms with Crippen molar-refractivity contribution < 1.29 is 24.0 Å². The summed E-state index contributed by atoms with van der Waals surface area (Å²) in [5, 5.41) is 20.1. The molecule has 3 aromatic rings. The Morgan fingerprint density at radius 1 is 1.06 bits per heavy atom. The Balaban J connectivity index is 1.35. The van der Waals surface area contributed by atoms with Gasteiger partial charge in [0.05, 0.1) is 5.69 Å². The Bertz CT molecular complexity index is 1140. The Morgan fingerprint density at radius 2 is 1.81 bits per heavy atom. The number of nitrogens with zero attached hydrogens (tertiary/aromatic N) is 1. The van der Waals surface area contributed by atoms with Crippen LogP contribution in [0.4, 0.5) is 5.88 Å². The number of para-hydroxylation sites is 1. The molecule has 8 heteroatoms. The third-order valence-electron chi connectivity index (χ3n) is 6.39. The first-order chi connectivity index (χ1) is 17.5. The summed E-state index contributed by atoms with van der Waals surface area (Å²) in [7, 11) is 0. The van der Waals surface area contributed by atoms with E-state index in [1.165, 1.54) is 25.7 Å². The lowest BCUT2D eigenvalue weighted by Gasteiger charge is -2.19. The monoisotopic (exact) mass is 491 g/mol. The molecule has 1 saturated carbocycles. The van der Waals surface area contributed by atoms with Crippen molar-refractivity contribution in [1.82, 2.24) is 10.5 Å². The van der Waals surface area contributed by atoms with Crippen LogP contribution in [-0.4, -0.2) is 28.1 Å². The second kappa shape index (κ2) is 12.4. The number of carbonyl (C=O) groups is 2. The average Bonchev–Trinajstić information content (AvgIpc) is 3.56. The molecular weight excluding hydrogens is 458 g/mol. The van der Waals surface area contributed by atoms with E-state index in [1.807, 2.05) is 37.3 Å². The lowest BCUT2D eigenvalue weighted by Crippen LogP contribution is -2.45. The van der Waals surface area contributed by atoms with Gasteiger partial charge in [0.25, 0.3) is 5.91 Å². The first kappa shape index (κ1) is 25.4. The molecule has 0 aliphatic heterocycles. The topological polar surface area (TPSA) is 114 Å². The van der Waals surface area contributed by atoms with Gasteiger partial charge in [-0.25, -0.2) is 0 Å². The van der Waals surface area contributed by atoms with Gasteiger partial charge in [-0.1, -0.05) is 74.5 Å². The van der Waals surface area contributed by atoms with Crippen molar-refractivity contribution in [2.24, 2.45) is 5.92 Å². The van der Waals surface area contributed by atoms with Crippen LogP contribution >= 0.6 is 0 Å². The molecule has 0 spiro atoms. The average molecular weight is 492 g/mol. The molecule has 1 heterocycles. The standard InChI is InChI=1S/C28H33N3O5/c1-2-9-24(27(33)30-25-18-21(31-36-25)16-19-10-6-7-11-19)29-28(34)26(32)20-12-8-15-23(17-20)35-22-13-4-3-5-14-22/h3-5,8,12-15,17-19,24,26,32H,2,6-7,9-11,16H2,1H3,(H,29,34)(H,30,33). The van der Waals surface area contributed by atoms with E-state index in [1.54, 1.807) is 30.3 Å². The molecule has 1 aliphatic rings. The van der Waals surface area contributed by atoms with E-state index in [-0.39, 0.29) is 5.88 Å². The lowest BCUT2D eigenvalue weighted by atomic mass is 10.0. The molecule has 190 valence electrons. The van der Waals surface area contributed by atoms with Gasteiger partial charge in [0, 0.05) is 6.07 Å². The molecule has 8 nitrogen and oxygen atoms in total. The minimum absolute atomic E-state index is 0.259. The van der Waals surface area contributed by atoms with Crippen LogP contribution in [-0.2, 0) is 16.0 Å². The van der Waals surface area contributed by atoms with Gasteiger partial charge >= 0.3 is 0 Å². The van der Waals surface area contributed by atoms with Crippen molar-refractivity contribution in [3.8, 4) is 11.5 Å². The molecule has 2 amide bonds. The van der Waals surface area contributed by atoms with E-state index >= 15 is 0 Å². The van der Waals surface area contributed by atoms with Gasteiger partial charge in [-0.2, -0.15) is 0 Å². The van der Waals surface area contributed by atoms with Crippen LogP contribution in [0.1, 0.15) is 62.8 Å². The molecule has 0 bridgehead atoms. The highest BCUT2D eigenvalue weighted by atomic mass is 16.5. The van der Waals surface area contributed by atoms with E-state index in [9.17, 15) is 14.7 Å². The zero-order valence-corrected chi connectivity index (χ0v) is 20.5. The summed E-state index contributed by atoms with van der Waals surface area (Å²) in [5.41, 5.74) is 1.18. The fourth-order valence-electron chi connectivity index (χ4n) is 4.52. The van der Waals surface area contributed by atoms with Crippen LogP contribution in [0.3, 0.4) is 0 Å². The highest BCUT2D eigenvalue weighted by Crippen LogP contribution is 2.28. The normalized spacial score (nSPS) is 15.3. The molecule has 2 atom stereocenters. The summed E-state index contributed by atoms with van der Waals surface area (Å²) in [5.74, 6) is 0.930. The third-order valence-corrected chi connectivity index (χ3v) is 6.39. The van der Waals surface area contributed by atoms with Crippen molar-refractivity contribution >= 4 is 17.7 Å². The summed E-state index contributed by atoms with van der Waals surface area (Å²) in [6.45, 7) is 1.92. The second-order valence-corrected chi connectivity index (χ2v) is 9.27. The molecular formula is C28H33N3O5. The second-order valence-electron chi connectivity index (χ2n) is 9.27. The summed E-state index contributed by atoms with van der Waals surface area (Å²) in [6, 6.07) is 16.8. The van der Waals surface area contributed by atoms with Gasteiger partial charge in [-0.05, 0) is 48.6 Å². The van der Waals surface area contributed by atoms with Crippen molar-refractivity contribution in [2.75, 3.05) is 5.32 Å². The van der Waals surface area contributed by atoms with Crippen LogP contribution < -0.4 is 15.4 Å². The molecule has 1 aromatic heterocycles. The molecule has 36 heavy (non-hydrogen) atoms. The Hall–Kier alpha value is -3.65. The van der Waals surface area contributed by atoms with Gasteiger partial charge < -0.3 is 19.7 Å². The minimum Gasteiger partial charge on any atom is -0.457 e. The van der Waals surface area contributed by atoms with Gasteiger partial charge in [0.15, 0.2) is 6.10 Å². The van der Waals surface area contributed by atoms with Crippen molar-refractivity contribution in [1.29, 1.82) is 0 Å². The van der Waals surface area contributed by atoms with Crippen molar-refractivity contribution in [3.63, 3.8) is 0 Å². The number of anilines is 1. The molecule has 0 saturated heterocycles. The number of ether oxygens (including phenoxy) is 1. The molecule has 1 fully saturated rings. The van der Waals surface area contributed by atoms with Crippen LogP contribution in [0.15, 0.2) is 65.2 Å². The summed E-state index contributed by atoms with van der Waals surface area (Å²) >= 11 is 0. The van der Waals surface area contributed by atoms with Gasteiger partial charge in [-0.15, -0.1) is 0 Å². The third kappa shape index (κ3) is 6.95. The minimum atomic E-state index is -1.46. The maximum atomic E-state index is 12.9. The Morgan fingerprint density at radius 3 is 2.56 bits per heavy atom. The van der Waals surface area contributed by atoms with Crippen LogP contribution in [0.5, 0.6) is 11.5 Å². The van der Waals surface area contributed by atoms with E-state index in [4.69, 9.17) is 9.26 Å². The maximum Gasteiger partial charge on any atom is 0.254 e. The number of rotatable bonds is 11. The van der Waals surface area contributed by atoms with E-state index in [0.29, 0.717) is 35.8 Å². The van der Waals surface area contributed by atoms with Gasteiger partial charge in [-0.3, -0.25) is 14.9 Å². The van der Waals surface area contributed by atoms with Crippen LogP contribution in [0.2, 0.25) is 0 Å². The predicted octanol–water partition coefficient (Wildman–Crippen LogP) is 5.16. The summed E-state index contributed by atoms with van der Waals surface area (Å²) in [4.78, 5) is 25.7. The fourth-order valence-corrected chi connectivity index (χ4v) is 4.52. The summed E-state index contributed by atoms with van der Waals surface area (Å²) < 4.78 is 11.1. The molecule has 1 aliphatic carbocycles.